The molecule has 1 fully saturated rings. The van der Waals surface area contributed by atoms with Crippen LogP contribution < -0.4 is 0 Å². The topological polar surface area (TPSA) is 65.8 Å². The molecule has 0 aromatic carbocycles. The van der Waals surface area contributed by atoms with Crippen molar-refractivity contribution in [2.75, 3.05) is 5.75 Å². The minimum Gasteiger partial charge on any atom is -0.467 e. The maximum absolute atomic E-state index is 12.9. The molecule has 0 spiro atoms. The molecule has 4 rings (SSSR count). The summed E-state index contributed by atoms with van der Waals surface area (Å²) in [5, 5.41) is 9.45. The summed E-state index contributed by atoms with van der Waals surface area (Å²) in [6, 6.07) is 5.78. The first-order valence-corrected chi connectivity index (χ1v) is 10.5. The molecule has 0 radical (unpaired) electrons. The molecule has 1 aliphatic carbocycles. The van der Waals surface area contributed by atoms with Gasteiger partial charge in [-0.05, 0) is 44.9 Å². The van der Waals surface area contributed by atoms with Crippen LogP contribution in [0.2, 0.25) is 0 Å². The summed E-state index contributed by atoms with van der Waals surface area (Å²) < 4.78 is 9.65. The summed E-state index contributed by atoms with van der Waals surface area (Å²) in [7, 11) is 0. The summed E-state index contributed by atoms with van der Waals surface area (Å²) >= 11 is 1.45. The highest BCUT2D eigenvalue weighted by molar-refractivity contribution is 7.99. The van der Waals surface area contributed by atoms with Gasteiger partial charge in [0.05, 0.1) is 18.6 Å². The van der Waals surface area contributed by atoms with Crippen molar-refractivity contribution in [1.29, 1.82) is 0 Å². The quantitative estimate of drug-likeness (QED) is 0.305. The second kappa shape index (κ2) is 7.83. The number of allylic oxidation sites excluding steroid dienone is 1. The van der Waals surface area contributed by atoms with Crippen LogP contribution in [0, 0.1) is 13.8 Å². The third-order valence-corrected chi connectivity index (χ3v) is 6.07. The molecule has 3 aromatic heterocycles. The SMILES string of the molecule is C=CCn1c(SCC(=O)c2cc(C)n(Cc3ccco3)c2C)nnc1C1CC1. The van der Waals surface area contributed by atoms with E-state index < -0.39 is 0 Å². The van der Waals surface area contributed by atoms with E-state index in [9.17, 15) is 4.79 Å². The second-order valence-electron chi connectivity index (χ2n) is 7.18. The third kappa shape index (κ3) is 3.71. The number of nitrogens with zero attached hydrogens (tertiary/aromatic N) is 4. The van der Waals surface area contributed by atoms with Crippen molar-refractivity contribution in [1.82, 2.24) is 19.3 Å². The average Bonchev–Trinajstić information content (AvgIpc) is 3.12. The minimum atomic E-state index is 0.102. The van der Waals surface area contributed by atoms with Crippen LogP contribution in [-0.4, -0.2) is 30.9 Å². The molecule has 0 bridgehead atoms. The van der Waals surface area contributed by atoms with Crippen molar-refractivity contribution in [3.63, 3.8) is 0 Å². The lowest BCUT2D eigenvalue weighted by Gasteiger charge is -2.08. The number of thioether (sulfide) groups is 1. The Balaban J connectivity index is 1.48. The average molecular weight is 397 g/mol. The van der Waals surface area contributed by atoms with E-state index in [1.54, 1.807) is 6.26 Å². The number of aryl methyl sites for hydroxylation is 1. The number of carbonyl (C=O) groups excluding carboxylic acids is 1. The number of hydrogen-bond donors (Lipinski definition) is 0. The third-order valence-electron chi connectivity index (χ3n) is 5.10. The number of hydrogen-bond acceptors (Lipinski definition) is 5. The zero-order valence-corrected chi connectivity index (χ0v) is 17.0. The van der Waals surface area contributed by atoms with E-state index in [1.807, 2.05) is 38.1 Å². The molecule has 1 saturated carbocycles. The largest absolute Gasteiger partial charge is 0.467 e. The first-order valence-electron chi connectivity index (χ1n) is 9.47. The second-order valence-corrected chi connectivity index (χ2v) is 8.12. The van der Waals surface area contributed by atoms with Crippen molar-refractivity contribution in [2.45, 2.75) is 50.9 Å². The Morgan fingerprint density at radius 3 is 2.86 bits per heavy atom. The first-order chi connectivity index (χ1) is 13.6. The molecule has 0 amide bonds. The van der Waals surface area contributed by atoms with E-state index in [0.29, 0.717) is 24.8 Å². The Kier molecular flexibility index (Phi) is 5.26. The summed E-state index contributed by atoms with van der Waals surface area (Å²) in [5.74, 6) is 2.85. The maximum atomic E-state index is 12.9. The molecule has 0 unspecified atom stereocenters. The van der Waals surface area contributed by atoms with Gasteiger partial charge < -0.3 is 13.6 Å². The van der Waals surface area contributed by atoms with E-state index in [0.717, 1.165) is 33.7 Å². The Morgan fingerprint density at radius 1 is 1.36 bits per heavy atom. The molecule has 1 aliphatic rings. The number of furan rings is 1. The number of ketones is 1. The minimum absolute atomic E-state index is 0.102. The van der Waals surface area contributed by atoms with Crippen LogP contribution >= 0.6 is 11.8 Å². The molecule has 0 saturated heterocycles. The van der Waals surface area contributed by atoms with Gasteiger partial charge in [-0.3, -0.25) is 4.79 Å². The molecular formula is C21H24N4O2S. The monoisotopic (exact) mass is 396 g/mol. The Bertz CT molecular complexity index is 996. The van der Waals surface area contributed by atoms with E-state index in [4.69, 9.17) is 4.42 Å². The van der Waals surface area contributed by atoms with Gasteiger partial charge in [-0.25, -0.2) is 0 Å². The van der Waals surface area contributed by atoms with Gasteiger partial charge in [0.1, 0.15) is 11.6 Å². The molecule has 3 aromatic rings. The lowest BCUT2D eigenvalue weighted by molar-refractivity contribution is 0.102. The zero-order chi connectivity index (χ0) is 19.7. The summed E-state index contributed by atoms with van der Waals surface area (Å²) in [5.41, 5.74) is 2.77. The van der Waals surface area contributed by atoms with E-state index in [2.05, 4.69) is 25.9 Å². The van der Waals surface area contributed by atoms with Crippen molar-refractivity contribution in [3.05, 3.63) is 65.7 Å². The van der Waals surface area contributed by atoms with Crippen molar-refractivity contribution in [3.8, 4) is 0 Å². The van der Waals surface area contributed by atoms with Gasteiger partial charge in [0.25, 0.3) is 0 Å². The van der Waals surface area contributed by atoms with Crippen molar-refractivity contribution in [2.24, 2.45) is 0 Å². The van der Waals surface area contributed by atoms with Gasteiger partial charge in [-0.2, -0.15) is 0 Å². The lowest BCUT2D eigenvalue weighted by atomic mass is 10.2. The van der Waals surface area contributed by atoms with E-state index >= 15 is 0 Å². The van der Waals surface area contributed by atoms with Gasteiger partial charge in [0.2, 0.25) is 0 Å². The molecule has 146 valence electrons. The Labute approximate surface area is 168 Å². The highest BCUT2D eigenvalue weighted by atomic mass is 32.2. The molecule has 7 heteroatoms. The normalized spacial score (nSPS) is 13.8. The number of aromatic nitrogens is 4. The van der Waals surface area contributed by atoms with Crippen LogP contribution in [0.15, 0.2) is 46.7 Å². The van der Waals surface area contributed by atoms with Crippen LogP contribution in [0.4, 0.5) is 0 Å². The van der Waals surface area contributed by atoms with Crippen molar-refractivity contribution >= 4 is 17.5 Å². The smallest absolute Gasteiger partial charge is 0.191 e. The van der Waals surface area contributed by atoms with Gasteiger partial charge in [-0.1, -0.05) is 17.8 Å². The van der Waals surface area contributed by atoms with Gasteiger partial charge in [-0.15, -0.1) is 16.8 Å². The van der Waals surface area contributed by atoms with Crippen LogP contribution in [-0.2, 0) is 13.1 Å². The Hall–Kier alpha value is -2.54. The number of carbonyl (C=O) groups is 1. The highest BCUT2D eigenvalue weighted by Crippen LogP contribution is 2.40. The highest BCUT2D eigenvalue weighted by Gasteiger charge is 2.30. The fourth-order valence-electron chi connectivity index (χ4n) is 3.44. The molecule has 0 N–H and O–H groups in total. The van der Waals surface area contributed by atoms with Gasteiger partial charge in [0.15, 0.2) is 10.9 Å². The first kappa shape index (κ1) is 18.8. The lowest BCUT2D eigenvalue weighted by Crippen LogP contribution is -2.08. The number of rotatable bonds is 9. The van der Waals surface area contributed by atoms with Crippen LogP contribution in [0.3, 0.4) is 0 Å². The summed E-state index contributed by atoms with van der Waals surface area (Å²) in [6.07, 6.45) is 5.85. The fraction of sp³-hybridized carbons (Fsp3) is 0.381. The van der Waals surface area contributed by atoms with Crippen LogP contribution in [0.5, 0.6) is 0 Å². The predicted molar refractivity (Wildman–Crippen MR) is 109 cm³/mol. The molecule has 28 heavy (non-hydrogen) atoms. The van der Waals surface area contributed by atoms with Crippen molar-refractivity contribution < 1.29 is 9.21 Å². The number of Topliss-reactive ketones (excluding diaryl/α,β-unsaturated/α-hetero) is 1. The standard InChI is InChI=1S/C21H24N4O2S/c1-4-9-24-20(16-7-8-16)22-23-21(24)28-13-19(26)18-11-14(2)25(15(18)3)12-17-6-5-10-27-17/h4-6,10-11,16H,1,7-9,12-13H2,2-3H3. The Morgan fingerprint density at radius 2 is 2.18 bits per heavy atom. The predicted octanol–water partition coefficient (Wildman–Crippen LogP) is 4.38. The molecule has 0 atom stereocenters. The summed E-state index contributed by atoms with van der Waals surface area (Å²) in [4.78, 5) is 12.9. The fourth-order valence-corrected chi connectivity index (χ4v) is 4.28. The van der Waals surface area contributed by atoms with E-state index in [-0.39, 0.29) is 5.78 Å². The molecule has 0 aliphatic heterocycles. The van der Waals surface area contributed by atoms with Crippen LogP contribution in [0.1, 0.15) is 52.1 Å². The summed E-state index contributed by atoms with van der Waals surface area (Å²) in [6.45, 7) is 9.14. The molecule has 3 heterocycles. The maximum Gasteiger partial charge on any atom is 0.191 e. The zero-order valence-electron chi connectivity index (χ0n) is 16.2. The van der Waals surface area contributed by atoms with E-state index in [1.165, 1.54) is 24.6 Å². The molecular weight excluding hydrogens is 372 g/mol. The van der Waals surface area contributed by atoms with Crippen LogP contribution in [0.25, 0.3) is 0 Å². The molecule has 6 nitrogen and oxygen atoms in total. The van der Waals surface area contributed by atoms with Gasteiger partial charge in [0, 0.05) is 29.4 Å². The van der Waals surface area contributed by atoms with Gasteiger partial charge >= 0.3 is 0 Å².